The Hall–Kier alpha value is -0.0800. The van der Waals surface area contributed by atoms with Gasteiger partial charge in [-0.3, -0.25) is 0 Å². The fourth-order valence-corrected chi connectivity index (χ4v) is 1.63. The normalized spacial score (nSPS) is 33.3. The lowest BCUT2D eigenvalue weighted by molar-refractivity contribution is 0.364. The molecule has 0 spiro atoms. The molecule has 0 aliphatic carbocycles. The zero-order valence-corrected chi connectivity index (χ0v) is 7.20. The van der Waals surface area contributed by atoms with Gasteiger partial charge in [-0.25, -0.2) is 0 Å². The summed E-state index contributed by atoms with van der Waals surface area (Å²) in [6.45, 7) is 8.96. The van der Waals surface area contributed by atoms with Crippen molar-refractivity contribution in [1.29, 1.82) is 0 Å². The van der Waals surface area contributed by atoms with Gasteiger partial charge >= 0.3 is 0 Å². The van der Waals surface area contributed by atoms with Crippen molar-refractivity contribution >= 4 is 0 Å². The average Bonchev–Trinajstić information content (AvgIpc) is 1.90. The Balaban J connectivity index is 2.46. The van der Waals surface area contributed by atoms with Gasteiger partial charge in [0.15, 0.2) is 0 Å². The Morgan fingerprint density at radius 1 is 1.30 bits per heavy atom. The molecular weight excluding hydrogens is 124 g/mol. The van der Waals surface area contributed by atoms with E-state index in [1.54, 1.807) is 0 Å². The molecule has 0 aromatic rings. The highest BCUT2D eigenvalue weighted by Gasteiger charge is 2.22. The van der Waals surface area contributed by atoms with Crippen LogP contribution in [0.5, 0.6) is 0 Å². The first kappa shape index (κ1) is 8.02. The van der Waals surface area contributed by atoms with Crippen molar-refractivity contribution in [3.8, 4) is 0 Å². The summed E-state index contributed by atoms with van der Waals surface area (Å²) in [5, 5.41) is 6.93. The quantitative estimate of drug-likeness (QED) is 0.521. The van der Waals surface area contributed by atoms with E-state index in [1.807, 2.05) is 0 Å². The molecule has 0 aromatic heterocycles. The molecule has 2 nitrogen and oxygen atoms in total. The van der Waals surface area contributed by atoms with E-state index in [0.29, 0.717) is 11.6 Å². The van der Waals surface area contributed by atoms with Crippen LogP contribution in [0.1, 0.15) is 27.2 Å². The maximum Gasteiger partial charge on any atom is 0.0140 e. The van der Waals surface area contributed by atoms with E-state index in [4.69, 9.17) is 0 Å². The number of rotatable bonds is 0. The molecule has 0 saturated carbocycles. The Morgan fingerprint density at radius 3 is 2.70 bits per heavy atom. The standard InChI is InChI=1S/C8H18N2/c1-7-6-8(2,3)10-5-4-9-7/h7,9-10H,4-6H2,1-3H3/t7-/m0/s1. The second kappa shape index (κ2) is 2.89. The van der Waals surface area contributed by atoms with Crippen LogP contribution in [0.3, 0.4) is 0 Å². The van der Waals surface area contributed by atoms with Crippen LogP contribution in [0.4, 0.5) is 0 Å². The minimum atomic E-state index is 0.322. The van der Waals surface area contributed by atoms with Gasteiger partial charge in [0.25, 0.3) is 0 Å². The predicted molar refractivity (Wildman–Crippen MR) is 44.2 cm³/mol. The SMILES string of the molecule is C[C@H]1CC(C)(C)NCCN1. The van der Waals surface area contributed by atoms with Crippen molar-refractivity contribution < 1.29 is 0 Å². The summed E-state index contributed by atoms with van der Waals surface area (Å²) >= 11 is 0. The topological polar surface area (TPSA) is 24.1 Å². The molecule has 60 valence electrons. The minimum absolute atomic E-state index is 0.322. The molecule has 2 heteroatoms. The zero-order valence-electron chi connectivity index (χ0n) is 7.20. The Labute approximate surface area is 63.4 Å². The van der Waals surface area contributed by atoms with Gasteiger partial charge in [-0.15, -0.1) is 0 Å². The van der Waals surface area contributed by atoms with Crippen molar-refractivity contribution in [2.75, 3.05) is 13.1 Å². The third-order valence-corrected chi connectivity index (χ3v) is 2.04. The molecule has 1 rings (SSSR count). The highest BCUT2D eigenvalue weighted by molar-refractivity contribution is 4.85. The minimum Gasteiger partial charge on any atom is -0.313 e. The highest BCUT2D eigenvalue weighted by atomic mass is 15.0. The largest absolute Gasteiger partial charge is 0.313 e. The van der Waals surface area contributed by atoms with Crippen molar-refractivity contribution in [2.45, 2.75) is 38.8 Å². The third kappa shape index (κ3) is 2.27. The van der Waals surface area contributed by atoms with Gasteiger partial charge in [0.1, 0.15) is 0 Å². The first-order valence-electron chi connectivity index (χ1n) is 4.08. The fraction of sp³-hybridized carbons (Fsp3) is 1.00. The average molecular weight is 142 g/mol. The summed E-state index contributed by atoms with van der Waals surface area (Å²) in [6.07, 6.45) is 1.22. The first-order chi connectivity index (χ1) is 4.60. The maximum atomic E-state index is 3.49. The molecule has 0 bridgehead atoms. The molecule has 1 atom stereocenters. The number of nitrogens with one attached hydrogen (secondary N) is 2. The van der Waals surface area contributed by atoms with Crippen molar-refractivity contribution in [3.63, 3.8) is 0 Å². The molecule has 0 radical (unpaired) electrons. The van der Waals surface area contributed by atoms with Gasteiger partial charge < -0.3 is 10.6 Å². The van der Waals surface area contributed by atoms with Crippen LogP contribution < -0.4 is 10.6 Å². The van der Waals surface area contributed by atoms with Crippen molar-refractivity contribution in [3.05, 3.63) is 0 Å². The Bertz CT molecular complexity index is 110. The Kier molecular flexibility index (Phi) is 2.32. The summed E-state index contributed by atoms with van der Waals surface area (Å²) in [6, 6.07) is 0.657. The van der Waals surface area contributed by atoms with E-state index in [2.05, 4.69) is 31.4 Å². The second-order valence-electron chi connectivity index (χ2n) is 3.87. The van der Waals surface area contributed by atoms with Crippen LogP contribution in [-0.2, 0) is 0 Å². The van der Waals surface area contributed by atoms with Crippen molar-refractivity contribution in [1.82, 2.24) is 10.6 Å². The molecule has 1 aliphatic rings. The first-order valence-corrected chi connectivity index (χ1v) is 4.08. The smallest absolute Gasteiger partial charge is 0.0140 e. The predicted octanol–water partition coefficient (Wildman–Crippen LogP) is 0.736. The molecule has 0 aromatic carbocycles. The lowest BCUT2D eigenvalue weighted by Gasteiger charge is -2.25. The van der Waals surface area contributed by atoms with Gasteiger partial charge in [0, 0.05) is 24.7 Å². The van der Waals surface area contributed by atoms with Crippen LogP contribution in [0, 0.1) is 0 Å². The third-order valence-electron chi connectivity index (χ3n) is 2.04. The van der Waals surface area contributed by atoms with Crippen LogP contribution in [0.2, 0.25) is 0 Å². The summed E-state index contributed by atoms with van der Waals surface area (Å²) in [7, 11) is 0. The summed E-state index contributed by atoms with van der Waals surface area (Å²) in [5.41, 5.74) is 0.322. The molecule has 1 aliphatic heterocycles. The number of hydrogen-bond donors (Lipinski definition) is 2. The van der Waals surface area contributed by atoms with Crippen LogP contribution in [0.25, 0.3) is 0 Å². The van der Waals surface area contributed by atoms with Crippen LogP contribution in [-0.4, -0.2) is 24.7 Å². The van der Waals surface area contributed by atoms with Gasteiger partial charge in [-0.2, -0.15) is 0 Å². The number of hydrogen-bond acceptors (Lipinski definition) is 2. The lowest BCUT2D eigenvalue weighted by Crippen LogP contribution is -2.40. The molecule has 2 N–H and O–H groups in total. The van der Waals surface area contributed by atoms with E-state index >= 15 is 0 Å². The van der Waals surface area contributed by atoms with E-state index in [-0.39, 0.29) is 0 Å². The molecule has 0 amide bonds. The summed E-state index contributed by atoms with van der Waals surface area (Å²) in [4.78, 5) is 0. The molecular formula is C8H18N2. The van der Waals surface area contributed by atoms with E-state index in [0.717, 1.165) is 13.1 Å². The molecule has 0 unspecified atom stereocenters. The van der Waals surface area contributed by atoms with E-state index in [1.165, 1.54) is 6.42 Å². The van der Waals surface area contributed by atoms with E-state index < -0.39 is 0 Å². The van der Waals surface area contributed by atoms with Crippen LogP contribution in [0.15, 0.2) is 0 Å². The van der Waals surface area contributed by atoms with E-state index in [9.17, 15) is 0 Å². The molecule has 10 heavy (non-hydrogen) atoms. The maximum absolute atomic E-state index is 3.49. The van der Waals surface area contributed by atoms with Gasteiger partial charge in [-0.1, -0.05) is 0 Å². The lowest BCUT2D eigenvalue weighted by atomic mass is 9.97. The van der Waals surface area contributed by atoms with Gasteiger partial charge in [0.2, 0.25) is 0 Å². The molecule has 1 heterocycles. The van der Waals surface area contributed by atoms with Crippen molar-refractivity contribution in [2.24, 2.45) is 0 Å². The van der Waals surface area contributed by atoms with Crippen LogP contribution >= 0.6 is 0 Å². The summed E-state index contributed by atoms with van der Waals surface area (Å²) < 4.78 is 0. The van der Waals surface area contributed by atoms with Gasteiger partial charge in [-0.05, 0) is 27.2 Å². The highest BCUT2D eigenvalue weighted by Crippen LogP contribution is 2.12. The fourth-order valence-electron chi connectivity index (χ4n) is 1.63. The van der Waals surface area contributed by atoms with Gasteiger partial charge in [0.05, 0.1) is 0 Å². The monoisotopic (exact) mass is 142 g/mol. The zero-order chi connectivity index (χ0) is 7.61. The molecule has 1 fully saturated rings. The second-order valence-corrected chi connectivity index (χ2v) is 3.87. The Morgan fingerprint density at radius 2 is 2.00 bits per heavy atom. The summed E-state index contributed by atoms with van der Waals surface area (Å²) in [5.74, 6) is 0. The molecule has 1 saturated heterocycles.